The molecule has 2 aliphatic rings. The van der Waals surface area contributed by atoms with Crippen LogP contribution in [0.15, 0.2) is 30.3 Å². The van der Waals surface area contributed by atoms with Gasteiger partial charge in [-0.15, -0.1) is 0 Å². The molecule has 0 amide bonds. The lowest BCUT2D eigenvalue weighted by molar-refractivity contribution is 0.324. The maximum Gasteiger partial charge on any atom is 0.0126 e. The van der Waals surface area contributed by atoms with E-state index in [-0.39, 0.29) is 0 Å². The fraction of sp³-hybridized carbons (Fsp3) is 0.500. The first-order valence-corrected chi connectivity index (χ1v) is 9.77. The molecule has 2 aromatic rings. The third-order valence-electron chi connectivity index (χ3n) is 6.70. The third-order valence-corrected chi connectivity index (χ3v) is 6.70. The molecule has 0 saturated heterocycles. The zero-order chi connectivity index (χ0) is 16.8. The molecule has 3 atom stereocenters. The molecule has 126 valence electrons. The van der Waals surface area contributed by atoms with E-state index in [2.05, 4.69) is 58.0 Å². The quantitative estimate of drug-likeness (QED) is 0.592. The van der Waals surface area contributed by atoms with Crippen molar-refractivity contribution >= 4 is 0 Å². The van der Waals surface area contributed by atoms with Crippen LogP contribution in [-0.4, -0.2) is 0 Å². The van der Waals surface area contributed by atoms with E-state index < -0.39 is 0 Å². The molecule has 24 heavy (non-hydrogen) atoms. The summed E-state index contributed by atoms with van der Waals surface area (Å²) in [5.41, 5.74) is 11.1. The molecule has 2 aromatic carbocycles. The number of aryl methyl sites for hydroxylation is 3. The fourth-order valence-electron chi connectivity index (χ4n) is 5.18. The molecule has 0 aromatic heterocycles. The van der Waals surface area contributed by atoms with Gasteiger partial charge in [0.2, 0.25) is 0 Å². The number of benzene rings is 2. The molecule has 0 bridgehead atoms. The summed E-state index contributed by atoms with van der Waals surface area (Å²) in [5, 5.41) is 0. The number of fused-ring (bicyclic) bond motifs is 2. The minimum absolute atomic E-state index is 0.581. The van der Waals surface area contributed by atoms with Gasteiger partial charge < -0.3 is 0 Å². The molecular formula is C24H30. The Kier molecular flexibility index (Phi) is 4.03. The molecule has 0 radical (unpaired) electrons. The highest BCUT2D eigenvalue weighted by atomic mass is 14.4. The van der Waals surface area contributed by atoms with Crippen molar-refractivity contribution in [3.8, 4) is 0 Å². The van der Waals surface area contributed by atoms with Crippen molar-refractivity contribution in [3.63, 3.8) is 0 Å². The first-order valence-electron chi connectivity index (χ1n) is 9.77. The van der Waals surface area contributed by atoms with Crippen LogP contribution in [0.5, 0.6) is 0 Å². The Morgan fingerprint density at radius 3 is 2.50 bits per heavy atom. The number of hydrogen-bond acceptors (Lipinski definition) is 0. The zero-order valence-corrected chi connectivity index (χ0v) is 15.7. The largest absolute Gasteiger partial charge is 0.0619 e. The maximum atomic E-state index is 2.49. The topological polar surface area (TPSA) is 0 Å². The average molecular weight is 319 g/mol. The van der Waals surface area contributed by atoms with Crippen LogP contribution in [0.1, 0.15) is 71.6 Å². The Morgan fingerprint density at radius 2 is 1.67 bits per heavy atom. The summed E-state index contributed by atoms with van der Waals surface area (Å²) >= 11 is 0. The minimum Gasteiger partial charge on any atom is -0.0619 e. The van der Waals surface area contributed by atoms with Crippen molar-refractivity contribution in [3.05, 3.63) is 69.3 Å². The number of hydrogen-bond donors (Lipinski definition) is 0. The fourth-order valence-corrected chi connectivity index (χ4v) is 5.18. The molecule has 1 unspecified atom stereocenters. The molecular weight excluding hydrogens is 288 g/mol. The van der Waals surface area contributed by atoms with Gasteiger partial charge >= 0.3 is 0 Å². The Bertz CT molecular complexity index is 768. The molecule has 0 N–H and O–H groups in total. The first-order chi connectivity index (χ1) is 11.6. The standard InChI is InChI=1S/C24H30/c1-15-9-12-22-20(13-15)14-17(3)18(4)24(22)23-16(2)10-11-19-7-5-6-8-21(19)23/h9-13,17-18,24H,5-8,14H2,1-4H3/t17?,18-,24-/m1/s1. The normalized spacial score (nSPS) is 25.9. The summed E-state index contributed by atoms with van der Waals surface area (Å²) < 4.78 is 0. The van der Waals surface area contributed by atoms with Crippen molar-refractivity contribution in [1.82, 2.24) is 0 Å². The molecule has 0 saturated carbocycles. The summed E-state index contributed by atoms with van der Waals surface area (Å²) in [6.07, 6.45) is 6.52. The van der Waals surface area contributed by atoms with E-state index in [9.17, 15) is 0 Å². The zero-order valence-electron chi connectivity index (χ0n) is 15.7. The van der Waals surface area contributed by atoms with Gasteiger partial charge in [-0.2, -0.15) is 0 Å². The van der Waals surface area contributed by atoms with E-state index in [4.69, 9.17) is 0 Å². The van der Waals surface area contributed by atoms with Gasteiger partial charge in [0.25, 0.3) is 0 Å². The lowest BCUT2D eigenvalue weighted by Gasteiger charge is -2.39. The van der Waals surface area contributed by atoms with E-state index in [1.807, 2.05) is 0 Å². The average Bonchev–Trinajstić information content (AvgIpc) is 2.57. The molecule has 2 aliphatic carbocycles. The van der Waals surface area contributed by atoms with Crippen LogP contribution in [0.3, 0.4) is 0 Å². The Balaban J connectivity index is 1.93. The maximum absolute atomic E-state index is 2.49. The number of rotatable bonds is 1. The van der Waals surface area contributed by atoms with Crippen LogP contribution >= 0.6 is 0 Å². The first kappa shape index (κ1) is 15.9. The van der Waals surface area contributed by atoms with Gasteiger partial charge in [-0.3, -0.25) is 0 Å². The van der Waals surface area contributed by atoms with E-state index >= 15 is 0 Å². The SMILES string of the molecule is Cc1ccc2c(c1)CC(C)[C@@H](C)[C@H]2c1c(C)ccc2c1CCCC2. The van der Waals surface area contributed by atoms with Crippen molar-refractivity contribution in [1.29, 1.82) is 0 Å². The van der Waals surface area contributed by atoms with Gasteiger partial charge in [-0.1, -0.05) is 49.7 Å². The van der Waals surface area contributed by atoms with Gasteiger partial charge in [0.15, 0.2) is 0 Å². The van der Waals surface area contributed by atoms with Gasteiger partial charge in [0.1, 0.15) is 0 Å². The van der Waals surface area contributed by atoms with Crippen LogP contribution < -0.4 is 0 Å². The van der Waals surface area contributed by atoms with Gasteiger partial charge in [0, 0.05) is 5.92 Å². The van der Waals surface area contributed by atoms with Gasteiger partial charge in [-0.25, -0.2) is 0 Å². The Hall–Kier alpha value is -1.56. The van der Waals surface area contributed by atoms with E-state index in [0.717, 1.165) is 5.92 Å². The van der Waals surface area contributed by atoms with Crippen LogP contribution in [0.25, 0.3) is 0 Å². The smallest absolute Gasteiger partial charge is 0.0126 e. The molecule has 0 fully saturated rings. The third kappa shape index (κ3) is 2.51. The molecule has 0 heteroatoms. The van der Waals surface area contributed by atoms with Crippen molar-refractivity contribution in [2.45, 2.75) is 65.7 Å². The Morgan fingerprint density at radius 1 is 0.875 bits per heavy atom. The van der Waals surface area contributed by atoms with E-state index in [0.29, 0.717) is 11.8 Å². The van der Waals surface area contributed by atoms with Crippen molar-refractivity contribution < 1.29 is 0 Å². The second-order valence-corrected chi connectivity index (χ2v) is 8.36. The van der Waals surface area contributed by atoms with Gasteiger partial charge in [-0.05, 0) is 91.2 Å². The highest BCUT2D eigenvalue weighted by molar-refractivity contribution is 5.51. The van der Waals surface area contributed by atoms with E-state index in [1.54, 1.807) is 27.8 Å². The highest BCUT2D eigenvalue weighted by Gasteiger charge is 2.35. The lowest BCUT2D eigenvalue weighted by Crippen LogP contribution is -2.28. The Labute approximate surface area is 147 Å². The van der Waals surface area contributed by atoms with Crippen LogP contribution in [0.2, 0.25) is 0 Å². The van der Waals surface area contributed by atoms with Crippen LogP contribution in [0, 0.1) is 25.7 Å². The molecule has 4 rings (SSSR count). The summed E-state index contributed by atoms with van der Waals surface area (Å²) in [7, 11) is 0. The monoisotopic (exact) mass is 318 g/mol. The predicted molar refractivity (Wildman–Crippen MR) is 103 cm³/mol. The second-order valence-electron chi connectivity index (χ2n) is 8.36. The van der Waals surface area contributed by atoms with E-state index in [1.165, 1.54) is 43.2 Å². The molecule has 0 heterocycles. The summed E-state index contributed by atoms with van der Waals surface area (Å²) in [6, 6.07) is 12.0. The van der Waals surface area contributed by atoms with Crippen molar-refractivity contribution in [2.24, 2.45) is 11.8 Å². The lowest BCUT2D eigenvalue weighted by atomic mass is 9.65. The second kappa shape index (κ2) is 6.06. The molecule has 0 aliphatic heterocycles. The minimum atomic E-state index is 0.581. The van der Waals surface area contributed by atoms with Crippen LogP contribution in [-0.2, 0) is 19.3 Å². The summed E-state index contributed by atoms with van der Waals surface area (Å²) in [5.74, 6) is 2.05. The summed E-state index contributed by atoms with van der Waals surface area (Å²) in [4.78, 5) is 0. The molecule has 0 nitrogen and oxygen atoms in total. The highest BCUT2D eigenvalue weighted by Crippen LogP contribution is 2.47. The van der Waals surface area contributed by atoms with Crippen LogP contribution in [0.4, 0.5) is 0 Å². The van der Waals surface area contributed by atoms with Crippen molar-refractivity contribution in [2.75, 3.05) is 0 Å². The predicted octanol–water partition coefficient (Wildman–Crippen LogP) is 6.14. The summed E-state index contributed by atoms with van der Waals surface area (Å²) in [6.45, 7) is 9.51. The molecule has 0 spiro atoms. The van der Waals surface area contributed by atoms with Gasteiger partial charge in [0.05, 0.1) is 0 Å².